The van der Waals surface area contributed by atoms with E-state index in [9.17, 15) is 9.59 Å². The molecule has 176 valence electrons. The monoisotopic (exact) mass is 442 g/mol. The Balaban J connectivity index is 1.41. The Kier molecular flexibility index (Phi) is 7.28. The summed E-state index contributed by atoms with van der Waals surface area (Å²) in [6.45, 7) is 9.84. The second-order valence-corrected chi connectivity index (χ2v) is 9.75. The van der Waals surface area contributed by atoms with Crippen LogP contribution in [0.25, 0.3) is 0 Å². The van der Waals surface area contributed by atoms with Crippen LogP contribution in [0.2, 0.25) is 0 Å². The van der Waals surface area contributed by atoms with Gasteiger partial charge in [-0.15, -0.1) is 0 Å². The third-order valence-electron chi connectivity index (χ3n) is 7.36. The third-order valence-corrected chi connectivity index (χ3v) is 7.36. The van der Waals surface area contributed by atoms with E-state index in [1.807, 2.05) is 16.8 Å². The molecule has 2 saturated heterocycles. The molecule has 0 spiro atoms. The standard InChI is InChI=1S/C24H38N6O2/c1-17-5-4-10-28(15-17)11-9-22(32)30-14-8-20-21(16-30)26-23(27-24(20)25-3)19-6-12-29(13-7-19)18(2)31/h17,19H,4-16H2,1-3H3,(H,25,26,27)/t17-/m1/s1. The van der Waals surface area contributed by atoms with Crippen LogP contribution in [0.5, 0.6) is 0 Å². The molecule has 0 radical (unpaired) electrons. The van der Waals surface area contributed by atoms with Gasteiger partial charge in [0, 0.05) is 64.6 Å². The van der Waals surface area contributed by atoms with Gasteiger partial charge >= 0.3 is 0 Å². The zero-order chi connectivity index (χ0) is 22.7. The van der Waals surface area contributed by atoms with Crippen molar-refractivity contribution in [2.24, 2.45) is 5.92 Å². The Hall–Kier alpha value is -2.22. The summed E-state index contributed by atoms with van der Waals surface area (Å²) in [5.74, 6) is 3.11. The van der Waals surface area contributed by atoms with Gasteiger partial charge in [-0.1, -0.05) is 6.92 Å². The van der Waals surface area contributed by atoms with E-state index in [-0.39, 0.29) is 17.7 Å². The molecule has 0 saturated carbocycles. The molecule has 1 aromatic heterocycles. The summed E-state index contributed by atoms with van der Waals surface area (Å²) in [7, 11) is 1.90. The number of carbonyl (C=O) groups is 2. The molecular weight excluding hydrogens is 404 g/mol. The average molecular weight is 443 g/mol. The number of amides is 2. The molecule has 0 aromatic carbocycles. The van der Waals surface area contributed by atoms with E-state index in [1.165, 1.54) is 12.8 Å². The first-order valence-corrected chi connectivity index (χ1v) is 12.3. The molecule has 2 fully saturated rings. The van der Waals surface area contributed by atoms with Crippen LogP contribution in [0.4, 0.5) is 5.82 Å². The number of anilines is 1. The maximum absolute atomic E-state index is 13.0. The highest BCUT2D eigenvalue weighted by molar-refractivity contribution is 5.77. The molecule has 8 nitrogen and oxygen atoms in total. The molecule has 8 heteroatoms. The second kappa shape index (κ2) is 10.1. The number of likely N-dealkylation sites (tertiary alicyclic amines) is 2. The molecule has 2 amide bonds. The van der Waals surface area contributed by atoms with Crippen LogP contribution >= 0.6 is 0 Å². The minimum absolute atomic E-state index is 0.138. The van der Waals surface area contributed by atoms with Crippen molar-refractivity contribution in [3.8, 4) is 0 Å². The lowest BCUT2D eigenvalue weighted by molar-refractivity contribution is -0.132. The summed E-state index contributed by atoms with van der Waals surface area (Å²) in [5, 5.41) is 3.25. The van der Waals surface area contributed by atoms with Gasteiger partial charge < -0.3 is 20.0 Å². The largest absolute Gasteiger partial charge is 0.373 e. The zero-order valence-corrected chi connectivity index (χ0v) is 19.9. The lowest BCUT2D eigenvalue weighted by Crippen LogP contribution is -2.41. The van der Waals surface area contributed by atoms with E-state index in [4.69, 9.17) is 9.97 Å². The normalized spacial score (nSPS) is 22.5. The molecule has 4 rings (SSSR count). The second-order valence-electron chi connectivity index (χ2n) is 9.75. The molecular formula is C24H38N6O2. The summed E-state index contributed by atoms with van der Waals surface area (Å²) in [4.78, 5) is 40.7. The SMILES string of the molecule is CNc1nc(C2CCN(C(C)=O)CC2)nc2c1CCN(C(=O)CCN1CCC[C@@H](C)C1)C2. The first-order chi connectivity index (χ1) is 15.4. The number of piperidine rings is 2. The van der Waals surface area contributed by atoms with Crippen molar-refractivity contribution in [1.29, 1.82) is 0 Å². The third kappa shape index (κ3) is 5.22. The van der Waals surface area contributed by atoms with Gasteiger partial charge in [0.1, 0.15) is 11.6 Å². The number of hydrogen-bond acceptors (Lipinski definition) is 6. The highest BCUT2D eigenvalue weighted by atomic mass is 16.2. The summed E-state index contributed by atoms with van der Waals surface area (Å²) in [6, 6.07) is 0. The Morgan fingerprint density at radius 2 is 1.84 bits per heavy atom. The predicted octanol–water partition coefficient (Wildman–Crippen LogP) is 2.25. The number of fused-ring (bicyclic) bond motifs is 1. The van der Waals surface area contributed by atoms with Gasteiger partial charge in [0.25, 0.3) is 0 Å². The Labute approximate surface area is 191 Å². The minimum Gasteiger partial charge on any atom is -0.373 e. The molecule has 1 aromatic rings. The fourth-order valence-electron chi connectivity index (χ4n) is 5.41. The first kappa shape index (κ1) is 23.0. The quantitative estimate of drug-likeness (QED) is 0.753. The van der Waals surface area contributed by atoms with Crippen LogP contribution in [0.3, 0.4) is 0 Å². The topological polar surface area (TPSA) is 81.7 Å². The van der Waals surface area contributed by atoms with Gasteiger partial charge in [0.05, 0.1) is 12.2 Å². The average Bonchev–Trinajstić information content (AvgIpc) is 2.81. The highest BCUT2D eigenvalue weighted by Gasteiger charge is 2.29. The Morgan fingerprint density at radius 1 is 1.06 bits per heavy atom. The lowest BCUT2D eigenvalue weighted by Gasteiger charge is -2.34. The van der Waals surface area contributed by atoms with Crippen molar-refractivity contribution in [3.05, 3.63) is 17.1 Å². The van der Waals surface area contributed by atoms with Crippen molar-refractivity contribution in [3.63, 3.8) is 0 Å². The van der Waals surface area contributed by atoms with Crippen LogP contribution in [0.15, 0.2) is 0 Å². The van der Waals surface area contributed by atoms with Gasteiger partial charge in [-0.2, -0.15) is 0 Å². The maximum Gasteiger partial charge on any atom is 0.224 e. The summed E-state index contributed by atoms with van der Waals surface area (Å²) >= 11 is 0. The highest BCUT2D eigenvalue weighted by Crippen LogP contribution is 2.30. The Morgan fingerprint density at radius 3 is 2.53 bits per heavy atom. The van der Waals surface area contributed by atoms with Gasteiger partial charge in [0.2, 0.25) is 11.8 Å². The summed E-state index contributed by atoms with van der Waals surface area (Å²) < 4.78 is 0. The summed E-state index contributed by atoms with van der Waals surface area (Å²) in [5.41, 5.74) is 2.13. The van der Waals surface area contributed by atoms with Gasteiger partial charge in [-0.05, 0) is 44.6 Å². The number of carbonyl (C=O) groups excluding carboxylic acids is 2. The van der Waals surface area contributed by atoms with Crippen molar-refractivity contribution in [2.75, 3.05) is 51.6 Å². The fourth-order valence-corrected chi connectivity index (χ4v) is 5.41. The van der Waals surface area contributed by atoms with Crippen LogP contribution in [-0.4, -0.2) is 82.8 Å². The van der Waals surface area contributed by atoms with Crippen molar-refractivity contribution < 1.29 is 9.59 Å². The molecule has 1 N–H and O–H groups in total. The number of hydrogen-bond donors (Lipinski definition) is 1. The molecule has 3 aliphatic rings. The number of nitrogens with zero attached hydrogens (tertiary/aromatic N) is 5. The van der Waals surface area contributed by atoms with Crippen molar-refractivity contribution >= 4 is 17.6 Å². The van der Waals surface area contributed by atoms with Crippen LogP contribution in [0.1, 0.15) is 69.0 Å². The van der Waals surface area contributed by atoms with E-state index < -0.39 is 0 Å². The van der Waals surface area contributed by atoms with E-state index in [1.54, 1.807) is 6.92 Å². The Bertz CT molecular complexity index is 836. The maximum atomic E-state index is 13.0. The predicted molar refractivity (Wildman–Crippen MR) is 124 cm³/mol. The van der Waals surface area contributed by atoms with Crippen LogP contribution < -0.4 is 5.32 Å². The number of aromatic nitrogens is 2. The van der Waals surface area contributed by atoms with E-state index in [0.717, 1.165) is 87.3 Å². The fraction of sp³-hybridized carbons (Fsp3) is 0.750. The van der Waals surface area contributed by atoms with E-state index in [0.29, 0.717) is 13.0 Å². The van der Waals surface area contributed by atoms with Crippen molar-refractivity contribution in [2.45, 2.75) is 64.8 Å². The van der Waals surface area contributed by atoms with Gasteiger partial charge in [0.15, 0.2) is 0 Å². The van der Waals surface area contributed by atoms with Gasteiger partial charge in [-0.25, -0.2) is 9.97 Å². The van der Waals surface area contributed by atoms with Crippen LogP contribution in [-0.2, 0) is 22.6 Å². The smallest absolute Gasteiger partial charge is 0.224 e. The van der Waals surface area contributed by atoms with Gasteiger partial charge in [-0.3, -0.25) is 9.59 Å². The van der Waals surface area contributed by atoms with E-state index in [2.05, 4.69) is 17.1 Å². The molecule has 0 bridgehead atoms. The molecule has 1 atom stereocenters. The zero-order valence-electron chi connectivity index (χ0n) is 19.9. The molecule has 0 unspecified atom stereocenters. The minimum atomic E-state index is 0.138. The number of nitrogens with one attached hydrogen (secondary N) is 1. The van der Waals surface area contributed by atoms with Crippen molar-refractivity contribution in [1.82, 2.24) is 24.7 Å². The first-order valence-electron chi connectivity index (χ1n) is 12.3. The molecule has 3 aliphatic heterocycles. The van der Waals surface area contributed by atoms with E-state index >= 15 is 0 Å². The summed E-state index contributed by atoms with van der Waals surface area (Å²) in [6.07, 6.45) is 5.70. The van der Waals surface area contributed by atoms with Crippen LogP contribution in [0, 0.1) is 5.92 Å². The molecule has 4 heterocycles. The molecule has 0 aliphatic carbocycles. The lowest BCUT2D eigenvalue weighted by atomic mass is 9.95. The number of rotatable bonds is 5. The molecule has 32 heavy (non-hydrogen) atoms.